The number of hydrogen-bond donors (Lipinski definition) is 2. The van der Waals surface area contributed by atoms with Gasteiger partial charge in [-0.25, -0.2) is 0 Å². The van der Waals surface area contributed by atoms with Crippen LogP contribution in [0, 0.1) is 11.3 Å². The third-order valence-electron chi connectivity index (χ3n) is 1.63. The Morgan fingerprint density at radius 2 is 2.44 bits per heavy atom. The number of amides is 1. The number of nitrogens with zero attached hydrogens (tertiary/aromatic N) is 2. The van der Waals surface area contributed by atoms with Crippen LogP contribution >= 0.6 is 0 Å². The monoisotopic (exact) mass is 222 g/mol. The number of esters is 1. The predicted molar refractivity (Wildman–Crippen MR) is 53.2 cm³/mol. The number of ether oxygens (including phenoxy) is 1. The quantitative estimate of drug-likeness (QED) is 0.557. The molecule has 0 saturated heterocycles. The second kappa shape index (κ2) is 5.50. The van der Waals surface area contributed by atoms with Crippen LogP contribution in [0.4, 0.5) is 5.82 Å². The molecule has 1 aromatic rings. The van der Waals surface area contributed by atoms with Gasteiger partial charge in [-0.3, -0.25) is 14.7 Å². The van der Waals surface area contributed by atoms with Crippen molar-refractivity contribution in [1.82, 2.24) is 10.2 Å². The van der Waals surface area contributed by atoms with Crippen LogP contribution in [0.3, 0.4) is 0 Å². The minimum absolute atomic E-state index is 0.178. The Morgan fingerprint density at radius 3 is 3.06 bits per heavy atom. The first kappa shape index (κ1) is 11.7. The predicted octanol–water partition coefficient (Wildman–Crippen LogP) is 0.173. The molecule has 1 aromatic heterocycles. The van der Waals surface area contributed by atoms with E-state index in [4.69, 9.17) is 5.26 Å². The van der Waals surface area contributed by atoms with Crippen molar-refractivity contribution in [3.05, 3.63) is 11.8 Å². The van der Waals surface area contributed by atoms with Crippen LogP contribution in [-0.4, -0.2) is 28.7 Å². The zero-order valence-corrected chi connectivity index (χ0v) is 8.61. The number of nitrogens with one attached hydrogen (secondary N) is 2. The molecule has 0 saturated carbocycles. The van der Waals surface area contributed by atoms with Crippen LogP contribution in [0.15, 0.2) is 6.20 Å². The number of nitriles is 1. The first-order valence-electron chi connectivity index (χ1n) is 4.56. The fourth-order valence-electron chi connectivity index (χ4n) is 0.993. The smallest absolute Gasteiger partial charge is 0.315 e. The van der Waals surface area contributed by atoms with E-state index in [9.17, 15) is 9.59 Å². The Morgan fingerprint density at radius 1 is 1.69 bits per heavy atom. The molecule has 1 rings (SSSR count). The van der Waals surface area contributed by atoms with E-state index in [1.807, 2.05) is 6.07 Å². The Kier molecular flexibility index (Phi) is 4.03. The molecule has 0 unspecified atom stereocenters. The Balaban J connectivity index is 2.52. The standard InChI is InChI=1S/C9H10N4O3/c1-2-16-8(15)3-7(14)12-9-6(4-10)5-11-13-9/h5H,2-3H2,1H3,(H2,11,12,13,14). The molecule has 0 aliphatic heterocycles. The van der Waals surface area contributed by atoms with Gasteiger partial charge in [0.15, 0.2) is 0 Å². The zero-order chi connectivity index (χ0) is 12.0. The molecular formula is C9H10N4O3. The molecule has 0 aromatic carbocycles. The average molecular weight is 222 g/mol. The van der Waals surface area contributed by atoms with E-state index in [2.05, 4.69) is 20.3 Å². The second-order valence-electron chi connectivity index (χ2n) is 2.80. The van der Waals surface area contributed by atoms with E-state index >= 15 is 0 Å². The lowest BCUT2D eigenvalue weighted by Crippen LogP contribution is -2.18. The molecule has 84 valence electrons. The van der Waals surface area contributed by atoms with Crippen molar-refractivity contribution in [2.45, 2.75) is 13.3 Å². The number of aromatic nitrogens is 2. The second-order valence-corrected chi connectivity index (χ2v) is 2.80. The average Bonchev–Trinajstić information content (AvgIpc) is 2.65. The van der Waals surface area contributed by atoms with Gasteiger partial charge < -0.3 is 10.1 Å². The summed E-state index contributed by atoms with van der Waals surface area (Å²) in [6.45, 7) is 1.87. The topological polar surface area (TPSA) is 108 Å². The summed E-state index contributed by atoms with van der Waals surface area (Å²) in [5.74, 6) is -0.992. The van der Waals surface area contributed by atoms with Gasteiger partial charge in [-0.2, -0.15) is 10.4 Å². The van der Waals surface area contributed by atoms with Gasteiger partial charge >= 0.3 is 5.97 Å². The molecule has 0 atom stereocenters. The molecule has 0 fully saturated rings. The third kappa shape index (κ3) is 3.09. The molecule has 2 N–H and O–H groups in total. The SMILES string of the molecule is CCOC(=O)CC(=O)Nc1[nH]ncc1C#N. The molecule has 16 heavy (non-hydrogen) atoms. The Bertz CT molecular complexity index is 432. The van der Waals surface area contributed by atoms with E-state index in [0.717, 1.165) is 0 Å². The summed E-state index contributed by atoms with van der Waals surface area (Å²) in [6, 6.07) is 1.83. The van der Waals surface area contributed by atoms with Crippen molar-refractivity contribution in [1.29, 1.82) is 5.26 Å². The van der Waals surface area contributed by atoms with Crippen molar-refractivity contribution < 1.29 is 14.3 Å². The van der Waals surface area contributed by atoms with Crippen LogP contribution in [-0.2, 0) is 14.3 Å². The van der Waals surface area contributed by atoms with Gasteiger partial charge in [-0.05, 0) is 6.92 Å². The van der Waals surface area contributed by atoms with E-state index in [-0.39, 0.29) is 18.0 Å². The van der Waals surface area contributed by atoms with E-state index in [1.54, 1.807) is 6.92 Å². The normalized spacial score (nSPS) is 9.25. The molecule has 0 spiro atoms. The number of carbonyl (C=O) groups is 2. The van der Waals surface area contributed by atoms with Gasteiger partial charge in [0.2, 0.25) is 5.91 Å². The molecule has 7 heteroatoms. The van der Waals surface area contributed by atoms with E-state index in [0.29, 0.717) is 0 Å². The maximum Gasteiger partial charge on any atom is 0.315 e. The molecule has 0 aliphatic rings. The lowest BCUT2D eigenvalue weighted by molar-refractivity contribution is -0.145. The molecule has 1 amide bonds. The summed E-state index contributed by atoms with van der Waals surface area (Å²) >= 11 is 0. The van der Waals surface area contributed by atoms with Gasteiger partial charge in [0.25, 0.3) is 0 Å². The van der Waals surface area contributed by atoms with Crippen LogP contribution < -0.4 is 5.32 Å². The summed E-state index contributed by atoms with van der Waals surface area (Å²) in [5, 5.41) is 17.0. The lowest BCUT2D eigenvalue weighted by atomic mass is 10.3. The summed E-state index contributed by atoms with van der Waals surface area (Å²) in [4.78, 5) is 22.3. The minimum Gasteiger partial charge on any atom is -0.466 e. The van der Waals surface area contributed by atoms with Gasteiger partial charge in [-0.15, -0.1) is 0 Å². The van der Waals surface area contributed by atoms with Crippen molar-refractivity contribution in [2.24, 2.45) is 0 Å². The van der Waals surface area contributed by atoms with Gasteiger partial charge in [0.1, 0.15) is 23.9 Å². The highest BCUT2D eigenvalue weighted by molar-refractivity contribution is 6.01. The maximum atomic E-state index is 11.3. The van der Waals surface area contributed by atoms with Crippen LogP contribution in [0.5, 0.6) is 0 Å². The van der Waals surface area contributed by atoms with Crippen molar-refractivity contribution in [3.63, 3.8) is 0 Å². The molecular weight excluding hydrogens is 212 g/mol. The highest BCUT2D eigenvalue weighted by Crippen LogP contribution is 2.08. The van der Waals surface area contributed by atoms with Crippen LogP contribution in [0.1, 0.15) is 18.9 Å². The fourth-order valence-corrected chi connectivity index (χ4v) is 0.993. The molecule has 0 aliphatic carbocycles. The van der Waals surface area contributed by atoms with Gasteiger partial charge in [0, 0.05) is 0 Å². The number of H-pyrrole nitrogens is 1. The minimum atomic E-state index is -0.613. The molecule has 0 bridgehead atoms. The van der Waals surface area contributed by atoms with E-state index in [1.165, 1.54) is 6.20 Å². The Hall–Kier alpha value is -2.36. The number of rotatable bonds is 4. The molecule has 1 heterocycles. The summed E-state index contributed by atoms with van der Waals surface area (Å²) in [6.07, 6.45) is 0.887. The van der Waals surface area contributed by atoms with Crippen molar-refractivity contribution in [3.8, 4) is 6.07 Å². The highest BCUT2D eigenvalue weighted by atomic mass is 16.5. The van der Waals surface area contributed by atoms with Crippen molar-refractivity contribution >= 4 is 17.7 Å². The summed E-state index contributed by atoms with van der Waals surface area (Å²) < 4.78 is 4.60. The van der Waals surface area contributed by atoms with Crippen LogP contribution in [0.2, 0.25) is 0 Å². The number of aromatic amines is 1. The van der Waals surface area contributed by atoms with Gasteiger partial charge in [-0.1, -0.05) is 0 Å². The first-order valence-corrected chi connectivity index (χ1v) is 4.56. The van der Waals surface area contributed by atoms with Gasteiger partial charge in [0.05, 0.1) is 12.8 Å². The highest BCUT2D eigenvalue weighted by Gasteiger charge is 2.13. The van der Waals surface area contributed by atoms with E-state index < -0.39 is 18.3 Å². The molecule has 7 nitrogen and oxygen atoms in total. The largest absolute Gasteiger partial charge is 0.466 e. The summed E-state index contributed by atoms with van der Waals surface area (Å²) in [5.41, 5.74) is 0.206. The third-order valence-corrected chi connectivity index (χ3v) is 1.63. The van der Waals surface area contributed by atoms with Crippen LogP contribution in [0.25, 0.3) is 0 Å². The zero-order valence-electron chi connectivity index (χ0n) is 8.61. The Labute approximate surface area is 91.4 Å². The van der Waals surface area contributed by atoms with Crippen molar-refractivity contribution in [2.75, 3.05) is 11.9 Å². The number of carbonyl (C=O) groups excluding carboxylic acids is 2. The first-order chi connectivity index (χ1) is 7.67. The molecule has 0 radical (unpaired) electrons. The number of hydrogen-bond acceptors (Lipinski definition) is 5. The fraction of sp³-hybridized carbons (Fsp3) is 0.333. The summed E-state index contributed by atoms with van der Waals surface area (Å²) in [7, 11) is 0. The maximum absolute atomic E-state index is 11.3. The number of anilines is 1. The lowest BCUT2D eigenvalue weighted by Gasteiger charge is -2.02.